The molecule has 2 aromatic carbocycles. The maximum absolute atomic E-state index is 14.5. The van der Waals surface area contributed by atoms with E-state index in [-0.39, 0.29) is 13.1 Å². The molecule has 7 heteroatoms. The zero-order valence-electron chi connectivity index (χ0n) is 13.6. The van der Waals surface area contributed by atoms with Gasteiger partial charge in [-0.3, -0.25) is 4.68 Å². The second-order valence-corrected chi connectivity index (χ2v) is 8.00. The predicted molar refractivity (Wildman–Crippen MR) is 91.5 cm³/mol. The highest BCUT2D eigenvalue weighted by Gasteiger charge is 2.34. The summed E-state index contributed by atoms with van der Waals surface area (Å²) in [6.45, 7) is 0.276. The van der Waals surface area contributed by atoms with Gasteiger partial charge >= 0.3 is 0 Å². The van der Waals surface area contributed by atoms with Gasteiger partial charge in [0.2, 0.25) is 10.0 Å². The van der Waals surface area contributed by atoms with Crippen LogP contribution in [-0.2, 0) is 30.2 Å². The van der Waals surface area contributed by atoms with E-state index in [1.165, 1.54) is 10.4 Å². The fourth-order valence-corrected chi connectivity index (χ4v) is 4.67. The van der Waals surface area contributed by atoms with Crippen LogP contribution in [0.25, 0.3) is 11.1 Å². The van der Waals surface area contributed by atoms with Crippen LogP contribution in [0.2, 0.25) is 0 Å². The van der Waals surface area contributed by atoms with Gasteiger partial charge in [0.05, 0.1) is 11.1 Å². The number of hydrogen-bond donors (Lipinski definition) is 0. The minimum absolute atomic E-state index is 0.0101. The third-order valence-corrected chi connectivity index (χ3v) is 6.27. The molecule has 1 aliphatic heterocycles. The number of aromatic nitrogens is 2. The van der Waals surface area contributed by atoms with E-state index in [4.69, 9.17) is 0 Å². The summed E-state index contributed by atoms with van der Waals surface area (Å²) in [6.07, 6.45) is 3.46. The van der Waals surface area contributed by atoms with Crippen molar-refractivity contribution in [2.75, 3.05) is 0 Å². The lowest BCUT2D eigenvalue weighted by Gasteiger charge is -2.15. The standard InChI is InChI=1S/C18H16FN3O2S/c1-21-10-16(9-20-21)13-6-7-14(17(19)8-13)11-22-12-15-4-2-3-5-18(15)25(22,23)24/h2-10H,11-12H2,1H3. The zero-order chi connectivity index (χ0) is 17.6. The van der Waals surface area contributed by atoms with Gasteiger partial charge in [0, 0.05) is 37.5 Å². The van der Waals surface area contributed by atoms with Gasteiger partial charge < -0.3 is 0 Å². The lowest BCUT2D eigenvalue weighted by molar-refractivity contribution is 0.411. The molecule has 0 bridgehead atoms. The molecular formula is C18H16FN3O2S. The normalized spacial score (nSPS) is 16.1. The van der Waals surface area contributed by atoms with Crippen molar-refractivity contribution >= 4 is 10.0 Å². The summed E-state index contributed by atoms with van der Waals surface area (Å²) in [4.78, 5) is 0.308. The van der Waals surface area contributed by atoms with Crippen molar-refractivity contribution in [3.63, 3.8) is 0 Å². The van der Waals surface area contributed by atoms with Crippen LogP contribution in [0.3, 0.4) is 0 Å². The summed E-state index contributed by atoms with van der Waals surface area (Å²) < 4.78 is 42.6. The molecule has 0 fully saturated rings. The number of nitrogens with zero attached hydrogens (tertiary/aromatic N) is 3. The smallest absolute Gasteiger partial charge is 0.244 e. The van der Waals surface area contributed by atoms with Gasteiger partial charge in [-0.2, -0.15) is 9.40 Å². The molecule has 3 aromatic rings. The van der Waals surface area contributed by atoms with E-state index in [2.05, 4.69) is 5.10 Å². The molecule has 5 nitrogen and oxygen atoms in total. The summed E-state index contributed by atoms with van der Waals surface area (Å²) in [5.74, 6) is -0.424. The Labute approximate surface area is 145 Å². The zero-order valence-corrected chi connectivity index (χ0v) is 14.4. The van der Waals surface area contributed by atoms with Crippen LogP contribution in [0.5, 0.6) is 0 Å². The number of hydrogen-bond acceptors (Lipinski definition) is 3. The Balaban J connectivity index is 1.62. The van der Waals surface area contributed by atoms with Gasteiger partial charge in [0.15, 0.2) is 0 Å². The van der Waals surface area contributed by atoms with Crippen LogP contribution in [0, 0.1) is 5.82 Å². The number of fused-ring (bicyclic) bond motifs is 1. The first-order valence-electron chi connectivity index (χ1n) is 7.80. The first-order chi connectivity index (χ1) is 11.9. The van der Waals surface area contributed by atoms with Crippen LogP contribution >= 0.6 is 0 Å². The number of rotatable bonds is 3. The van der Waals surface area contributed by atoms with Gasteiger partial charge in [-0.15, -0.1) is 0 Å². The highest BCUT2D eigenvalue weighted by Crippen LogP contribution is 2.32. The van der Waals surface area contributed by atoms with Crippen molar-refractivity contribution in [1.82, 2.24) is 14.1 Å². The van der Waals surface area contributed by atoms with Crippen molar-refractivity contribution in [1.29, 1.82) is 0 Å². The molecule has 0 aliphatic carbocycles. The van der Waals surface area contributed by atoms with Gasteiger partial charge in [0.1, 0.15) is 5.82 Å². The molecule has 0 saturated carbocycles. The van der Waals surface area contributed by atoms with E-state index >= 15 is 0 Å². The third-order valence-electron chi connectivity index (χ3n) is 4.38. The molecule has 0 N–H and O–H groups in total. The van der Waals surface area contributed by atoms with Crippen molar-refractivity contribution in [3.05, 3.63) is 71.8 Å². The molecule has 0 unspecified atom stereocenters. The van der Waals surface area contributed by atoms with E-state index in [1.54, 1.807) is 60.5 Å². The highest BCUT2D eigenvalue weighted by molar-refractivity contribution is 7.89. The molecule has 128 valence electrons. The second-order valence-electron chi connectivity index (χ2n) is 6.09. The van der Waals surface area contributed by atoms with Crippen molar-refractivity contribution in [2.45, 2.75) is 18.0 Å². The Hall–Kier alpha value is -2.51. The Morgan fingerprint density at radius 3 is 2.64 bits per heavy atom. The SMILES string of the molecule is Cn1cc(-c2ccc(CN3Cc4ccccc4S3(=O)=O)c(F)c2)cn1. The average molecular weight is 357 g/mol. The van der Waals surface area contributed by atoms with Gasteiger partial charge in [-0.1, -0.05) is 30.3 Å². The summed E-state index contributed by atoms with van der Waals surface area (Å²) in [5.41, 5.74) is 2.62. The average Bonchev–Trinajstić information content (AvgIpc) is 3.12. The maximum atomic E-state index is 14.5. The second kappa shape index (κ2) is 5.79. The summed E-state index contributed by atoms with van der Waals surface area (Å²) in [5, 5.41) is 4.08. The Bertz CT molecular complexity index is 1060. The van der Waals surface area contributed by atoms with E-state index in [1.807, 2.05) is 0 Å². The molecule has 2 heterocycles. The summed E-state index contributed by atoms with van der Waals surface area (Å²) in [7, 11) is -1.77. The monoisotopic (exact) mass is 357 g/mol. The van der Waals surface area contributed by atoms with Crippen LogP contribution in [0.15, 0.2) is 59.8 Å². The number of sulfonamides is 1. The lowest BCUT2D eigenvalue weighted by Crippen LogP contribution is -2.24. The Morgan fingerprint density at radius 2 is 1.96 bits per heavy atom. The van der Waals surface area contributed by atoms with Crippen LogP contribution in [0.1, 0.15) is 11.1 Å². The van der Waals surface area contributed by atoms with Crippen LogP contribution < -0.4 is 0 Å². The van der Waals surface area contributed by atoms with Crippen molar-refractivity contribution in [3.8, 4) is 11.1 Å². The molecule has 25 heavy (non-hydrogen) atoms. The van der Waals surface area contributed by atoms with Gasteiger partial charge in [-0.25, -0.2) is 12.8 Å². The van der Waals surface area contributed by atoms with Gasteiger partial charge in [-0.05, 0) is 23.3 Å². The molecule has 1 aliphatic rings. The molecule has 0 radical (unpaired) electrons. The molecule has 1 aromatic heterocycles. The fourth-order valence-electron chi connectivity index (χ4n) is 3.06. The first kappa shape index (κ1) is 16.0. The first-order valence-corrected chi connectivity index (χ1v) is 9.24. The quantitative estimate of drug-likeness (QED) is 0.724. The fraction of sp³-hybridized carbons (Fsp3) is 0.167. The highest BCUT2D eigenvalue weighted by atomic mass is 32.2. The van der Waals surface area contributed by atoms with E-state index in [0.29, 0.717) is 16.0 Å². The Morgan fingerprint density at radius 1 is 1.16 bits per heavy atom. The van der Waals surface area contributed by atoms with E-state index in [9.17, 15) is 12.8 Å². The third kappa shape index (κ3) is 2.75. The molecule has 0 amide bonds. The topological polar surface area (TPSA) is 55.2 Å². The molecule has 0 spiro atoms. The number of halogens is 1. The van der Waals surface area contributed by atoms with Crippen molar-refractivity contribution in [2.24, 2.45) is 7.05 Å². The molecule has 0 saturated heterocycles. The number of aryl methyl sites for hydroxylation is 1. The van der Waals surface area contributed by atoms with E-state index in [0.717, 1.165) is 11.1 Å². The molecular weight excluding hydrogens is 341 g/mol. The molecule has 0 atom stereocenters. The van der Waals surface area contributed by atoms with Gasteiger partial charge in [0.25, 0.3) is 0 Å². The van der Waals surface area contributed by atoms with Crippen molar-refractivity contribution < 1.29 is 12.8 Å². The summed E-state index contributed by atoms with van der Waals surface area (Å²) >= 11 is 0. The number of benzene rings is 2. The maximum Gasteiger partial charge on any atom is 0.244 e. The van der Waals surface area contributed by atoms with Crippen LogP contribution in [-0.4, -0.2) is 22.5 Å². The minimum Gasteiger partial charge on any atom is -0.275 e. The largest absolute Gasteiger partial charge is 0.275 e. The predicted octanol–water partition coefficient (Wildman–Crippen LogP) is 2.93. The molecule has 4 rings (SSSR count). The Kier molecular flexibility index (Phi) is 3.70. The van der Waals surface area contributed by atoms with Crippen LogP contribution in [0.4, 0.5) is 4.39 Å². The minimum atomic E-state index is -3.57. The lowest BCUT2D eigenvalue weighted by atomic mass is 10.1. The van der Waals surface area contributed by atoms with E-state index < -0.39 is 15.8 Å². The summed E-state index contributed by atoms with van der Waals surface area (Å²) in [6, 6.07) is 11.7.